The Balaban J connectivity index is 3.61. The Morgan fingerprint density at radius 2 is 2.22 bits per heavy atom. The van der Waals surface area contributed by atoms with E-state index in [9.17, 15) is 8.42 Å². The molecule has 0 aromatic rings. The fourth-order valence-corrected chi connectivity index (χ4v) is 0.393. The Labute approximate surface area is 53.1 Å². The zero-order valence-electron chi connectivity index (χ0n) is 4.83. The van der Waals surface area contributed by atoms with Crippen molar-refractivity contribution in [2.75, 3.05) is 6.61 Å². The van der Waals surface area contributed by atoms with E-state index in [1.807, 2.05) is 0 Å². The largest absolute Gasteiger partial charge is 0.375 e. The molecule has 0 atom stereocenters. The van der Waals surface area contributed by atoms with Crippen LogP contribution in [0.1, 0.15) is 6.92 Å². The van der Waals surface area contributed by atoms with Gasteiger partial charge in [0.25, 0.3) is 0 Å². The van der Waals surface area contributed by atoms with Crippen LogP contribution in [0.2, 0.25) is 0 Å². The topological polar surface area (TPSA) is 90.6 Å². The van der Waals surface area contributed by atoms with E-state index in [0.29, 0.717) is 0 Å². The molecule has 0 radical (unpaired) electrons. The van der Waals surface area contributed by atoms with E-state index in [1.54, 1.807) is 6.92 Å². The lowest BCUT2D eigenvalue weighted by Crippen LogP contribution is -2.31. The summed E-state index contributed by atoms with van der Waals surface area (Å²) < 4.78 is 24.1. The van der Waals surface area contributed by atoms with Crippen LogP contribution >= 0.6 is 0 Å². The van der Waals surface area contributed by atoms with Crippen LogP contribution in [0.5, 0.6) is 0 Å². The summed E-state index contributed by atoms with van der Waals surface area (Å²) in [6, 6.07) is 0. The van der Waals surface area contributed by atoms with Crippen molar-refractivity contribution < 1.29 is 17.6 Å². The van der Waals surface area contributed by atoms with Gasteiger partial charge in [0, 0.05) is 0 Å². The van der Waals surface area contributed by atoms with Crippen LogP contribution in [0.25, 0.3) is 0 Å². The Kier molecular flexibility index (Phi) is 3.66. The maximum atomic E-state index is 10.2. The van der Waals surface area contributed by atoms with Gasteiger partial charge in [0.05, 0.1) is 6.61 Å². The van der Waals surface area contributed by atoms with Crippen molar-refractivity contribution in [3.63, 3.8) is 0 Å². The highest BCUT2D eigenvalue weighted by molar-refractivity contribution is 7.84. The second-order valence-corrected chi connectivity index (χ2v) is 2.33. The number of rotatable bonds is 4. The summed E-state index contributed by atoms with van der Waals surface area (Å²) in [7, 11) is -3.88. The lowest BCUT2D eigenvalue weighted by molar-refractivity contribution is -0.197. The summed E-state index contributed by atoms with van der Waals surface area (Å²) in [5.74, 6) is 4.50. The molecular formula is C2H8N2O4S. The van der Waals surface area contributed by atoms with Gasteiger partial charge in [-0.3, -0.25) is 5.84 Å². The van der Waals surface area contributed by atoms with Crippen LogP contribution in [0, 0.1) is 0 Å². The first-order valence-corrected chi connectivity index (χ1v) is 3.56. The number of hydrazine groups is 1. The van der Waals surface area contributed by atoms with Gasteiger partial charge >= 0.3 is 10.3 Å². The Morgan fingerprint density at radius 3 is 2.56 bits per heavy atom. The highest BCUT2D eigenvalue weighted by atomic mass is 32.2. The lowest BCUT2D eigenvalue weighted by Gasteiger charge is -1.98. The average molecular weight is 156 g/mol. The van der Waals surface area contributed by atoms with Crippen LogP contribution in [-0.4, -0.2) is 15.0 Å². The maximum absolute atomic E-state index is 10.2. The van der Waals surface area contributed by atoms with Crippen LogP contribution in [-0.2, 0) is 19.5 Å². The Hall–Kier alpha value is -0.210. The van der Waals surface area contributed by atoms with Gasteiger partial charge in [0.2, 0.25) is 0 Å². The summed E-state index contributed by atoms with van der Waals surface area (Å²) in [6.45, 7) is 1.72. The first kappa shape index (κ1) is 8.79. The molecule has 0 unspecified atom stereocenters. The molecule has 56 valence electrons. The molecule has 0 saturated heterocycles. The van der Waals surface area contributed by atoms with E-state index in [-0.39, 0.29) is 6.61 Å². The van der Waals surface area contributed by atoms with Gasteiger partial charge in [-0.1, -0.05) is 4.33 Å². The molecular weight excluding hydrogens is 148 g/mol. The van der Waals surface area contributed by atoms with Crippen molar-refractivity contribution in [3.8, 4) is 0 Å². The van der Waals surface area contributed by atoms with Crippen molar-refractivity contribution in [3.05, 3.63) is 0 Å². The molecule has 0 aliphatic heterocycles. The zero-order chi connectivity index (χ0) is 7.33. The molecule has 0 rings (SSSR count). The fraction of sp³-hybridized carbons (Fsp3) is 1.00. The minimum absolute atomic E-state index is 0.140. The number of nitrogens with two attached hydrogens (primary N) is 1. The van der Waals surface area contributed by atoms with Gasteiger partial charge in [-0.05, 0) is 6.92 Å². The van der Waals surface area contributed by atoms with E-state index in [2.05, 4.69) is 15.1 Å². The van der Waals surface area contributed by atoms with Gasteiger partial charge < -0.3 is 0 Å². The third-order valence-corrected chi connectivity index (χ3v) is 0.964. The Bertz CT molecular complexity index is 152. The SMILES string of the molecule is CCOOS(=O)(=O)NN. The van der Waals surface area contributed by atoms with Crippen molar-refractivity contribution in [2.45, 2.75) is 6.92 Å². The second-order valence-electron chi connectivity index (χ2n) is 1.05. The van der Waals surface area contributed by atoms with Crippen molar-refractivity contribution >= 4 is 10.3 Å². The number of hydrogen-bond donors (Lipinski definition) is 2. The molecule has 0 heterocycles. The summed E-state index contributed by atoms with van der Waals surface area (Å²) in [5, 5.41) is 0. The quantitative estimate of drug-likeness (QED) is 0.299. The predicted octanol–water partition coefficient (Wildman–Crippen LogP) is -1.34. The molecule has 0 aliphatic carbocycles. The summed E-state index contributed by atoms with van der Waals surface area (Å²) in [5.41, 5.74) is 0. The van der Waals surface area contributed by atoms with Gasteiger partial charge in [-0.2, -0.15) is 8.42 Å². The average Bonchev–Trinajstić information content (AvgIpc) is 1.84. The van der Waals surface area contributed by atoms with Crippen molar-refractivity contribution in [1.29, 1.82) is 0 Å². The van der Waals surface area contributed by atoms with Crippen molar-refractivity contribution in [2.24, 2.45) is 5.84 Å². The molecule has 0 aromatic heterocycles. The number of hydrogen-bond acceptors (Lipinski definition) is 5. The third kappa shape index (κ3) is 4.30. The molecule has 7 heteroatoms. The molecule has 0 fully saturated rings. The fourth-order valence-electron chi connectivity index (χ4n) is 0.131. The third-order valence-electron chi connectivity index (χ3n) is 0.400. The molecule has 6 nitrogen and oxygen atoms in total. The Morgan fingerprint density at radius 1 is 1.67 bits per heavy atom. The van der Waals surface area contributed by atoms with Gasteiger partial charge in [-0.15, -0.1) is 4.83 Å². The van der Waals surface area contributed by atoms with E-state index >= 15 is 0 Å². The molecule has 3 N–H and O–H groups in total. The van der Waals surface area contributed by atoms with Crippen LogP contribution in [0.4, 0.5) is 0 Å². The van der Waals surface area contributed by atoms with E-state index in [1.165, 1.54) is 4.83 Å². The van der Waals surface area contributed by atoms with Crippen molar-refractivity contribution in [1.82, 2.24) is 4.83 Å². The van der Waals surface area contributed by atoms with Crippen LogP contribution < -0.4 is 10.7 Å². The van der Waals surface area contributed by atoms with Crippen LogP contribution in [0.3, 0.4) is 0 Å². The van der Waals surface area contributed by atoms with Gasteiger partial charge in [0.1, 0.15) is 0 Å². The summed E-state index contributed by atoms with van der Waals surface area (Å²) in [6.07, 6.45) is 0. The minimum atomic E-state index is -3.88. The highest BCUT2D eigenvalue weighted by Crippen LogP contribution is 1.84. The molecule has 0 aliphatic rings. The summed E-state index contributed by atoms with van der Waals surface area (Å²) >= 11 is 0. The normalized spacial score (nSPS) is 11.8. The number of nitrogens with one attached hydrogen (secondary N) is 1. The predicted molar refractivity (Wildman–Crippen MR) is 29.0 cm³/mol. The first-order valence-electron chi connectivity index (χ1n) is 2.16. The molecule has 0 aromatic carbocycles. The smallest absolute Gasteiger partial charge is 0.256 e. The molecule has 0 spiro atoms. The maximum Gasteiger partial charge on any atom is 0.375 e. The molecule has 0 bridgehead atoms. The summed E-state index contributed by atoms with van der Waals surface area (Å²) in [4.78, 5) is 5.46. The van der Waals surface area contributed by atoms with Crippen LogP contribution in [0.15, 0.2) is 0 Å². The van der Waals surface area contributed by atoms with E-state index in [0.717, 1.165) is 0 Å². The van der Waals surface area contributed by atoms with Gasteiger partial charge in [0.15, 0.2) is 0 Å². The highest BCUT2D eigenvalue weighted by Gasteiger charge is 2.06. The van der Waals surface area contributed by atoms with E-state index in [4.69, 9.17) is 0 Å². The standard InChI is InChI=1S/C2H8N2O4S/c1-2-7-8-9(5,6)4-3/h4H,2-3H2,1H3. The second kappa shape index (κ2) is 3.75. The monoisotopic (exact) mass is 156 g/mol. The minimum Gasteiger partial charge on any atom is -0.256 e. The first-order chi connectivity index (χ1) is 4.12. The lowest BCUT2D eigenvalue weighted by atomic mass is 10.9. The molecule has 0 amide bonds. The van der Waals surface area contributed by atoms with E-state index < -0.39 is 10.3 Å². The van der Waals surface area contributed by atoms with Gasteiger partial charge in [-0.25, -0.2) is 4.89 Å². The molecule has 9 heavy (non-hydrogen) atoms. The molecule has 0 saturated carbocycles. The zero-order valence-corrected chi connectivity index (χ0v) is 5.64.